The predicted molar refractivity (Wildman–Crippen MR) is 419 cm³/mol. The van der Waals surface area contributed by atoms with Gasteiger partial charge in [0.25, 0.3) is 0 Å². The van der Waals surface area contributed by atoms with E-state index in [1.165, 1.54) is 84.4 Å². The fraction of sp³-hybridized carbons (Fsp3) is 0.267. The van der Waals surface area contributed by atoms with Gasteiger partial charge in [-0.1, -0.05) is 99.1 Å². The first-order chi connectivity index (χ1) is 51.9. The first-order valence-corrected chi connectivity index (χ1v) is 38.6. The lowest BCUT2D eigenvalue weighted by molar-refractivity contribution is -0.138. The molecule has 0 spiro atoms. The van der Waals surface area contributed by atoms with Crippen LogP contribution in [0.5, 0.6) is 34.5 Å². The van der Waals surface area contributed by atoms with Gasteiger partial charge in [0.2, 0.25) is 17.3 Å². The van der Waals surface area contributed by atoms with E-state index in [2.05, 4.69) is 35.5 Å². The maximum absolute atomic E-state index is 13.7. The fourth-order valence-corrected chi connectivity index (χ4v) is 17.8. The summed E-state index contributed by atoms with van der Waals surface area (Å²) in [6.45, 7) is 17.9. The zero-order chi connectivity index (χ0) is 76.0. The minimum Gasteiger partial charge on any atom is -0.508 e. The Morgan fingerprint density at radius 1 is 0.426 bits per heavy atom. The molecule has 3 atom stereocenters. The van der Waals surface area contributed by atoms with Crippen molar-refractivity contribution >= 4 is 93.2 Å². The molecular formula is C86H78ClF6N3O9S3. The summed E-state index contributed by atoms with van der Waals surface area (Å²) in [6, 6.07) is 53.5. The molecule has 15 rings (SSSR count). The fourth-order valence-electron chi connectivity index (χ4n) is 14.0. The second-order valence-corrected chi connectivity index (χ2v) is 31.4. The van der Waals surface area contributed by atoms with Crippen molar-refractivity contribution in [1.82, 2.24) is 14.7 Å². The van der Waals surface area contributed by atoms with E-state index in [0.717, 1.165) is 144 Å². The monoisotopic (exact) mass is 1540 g/mol. The van der Waals surface area contributed by atoms with E-state index in [4.69, 9.17) is 25.8 Å². The Morgan fingerprint density at radius 3 is 1.08 bits per heavy atom. The number of ketones is 3. The predicted octanol–water partition coefficient (Wildman–Crippen LogP) is 21.4. The lowest BCUT2D eigenvalue weighted by atomic mass is 9.96. The molecule has 0 aliphatic carbocycles. The van der Waals surface area contributed by atoms with Gasteiger partial charge >= 0.3 is 12.4 Å². The summed E-state index contributed by atoms with van der Waals surface area (Å²) in [4.78, 5) is 48.9. The number of likely N-dealkylation sites (tertiary alicyclic amines) is 3. The lowest BCUT2D eigenvalue weighted by Gasteiger charge is -2.16. The first kappa shape index (κ1) is 76.6. The number of phenolic OH excluding ortho intramolecular Hbond substituents is 3. The Labute approximate surface area is 638 Å². The van der Waals surface area contributed by atoms with Gasteiger partial charge in [0.05, 0.1) is 25.8 Å². The van der Waals surface area contributed by atoms with Crippen molar-refractivity contribution in [1.29, 1.82) is 0 Å². The van der Waals surface area contributed by atoms with Gasteiger partial charge in [-0.2, -0.15) is 26.3 Å². The van der Waals surface area contributed by atoms with Gasteiger partial charge in [-0.15, -0.1) is 34.0 Å². The summed E-state index contributed by atoms with van der Waals surface area (Å²) in [5.74, 6) is 3.57. The molecular weight excluding hydrogens is 1460 g/mol. The van der Waals surface area contributed by atoms with E-state index in [-0.39, 0.29) is 39.3 Å². The normalized spacial score (nSPS) is 16.3. The van der Waals surface area contributed by atoms with Crippen LogP contribution < -0.4 is 14.2 Å². The van der Waals surface area contributed by atoms with Crippen LogP contribution in [0.2, 0.25) is 5.02 Å². The minimum absolute atomic E-state index is 0.0196. The van der Waals surface area contributed by atoms with Gasteiger partial charge in [-0.3, -0.25) is 29.1 Å². The van der Waals surface area contributed by atoms with E-state index in [1.807, 2.05) is 78.9 Å². The molecule has 3 saturated heterocycles. The van der Waals surface area contributed by atoms with Crippen LogP contribution in [-0.4, -0.2) is 126 Å². The topological polar surface area (TPSA) is 149 Å². The van der Waals surface area contributed by atoms with Gasteiger partial charge in [-0.05, 0) is 207 Å². The van der Waals surface area contributed by atoms with Gasteiger partial charge in [0.1, 0.15) is 54.3 Å². The number of carbonyl (C=O) groups is 3. The number of rotatable bonds is 21. The third-order valence-corrected chi connectivity index (χ3v) is 23.4. The number of hydrogen-bond acceptors (Lipinski definition) is 15. The molecule has 12 nitrogen and oxygen atoms in total. The quantitative estimate of drug-likeness (QED) is 0.0464. The van der Waals surface area contributed by atoms with Crippen LogP contribution >= 0.6 is 45.6 Å². The van der Waals surface area contributed by atoms with Gasteiger partial charge in [-0.25, -0.2) is 0 Å². The maximum Gasteiger partial charge on any atom is 0.417 e. The number of fused-ring (bicyclic) bond motifs is 3. The Morgan fingerprint density at radius 2 is 0.759 bits per heavy atom. The van der Waals surface area contributed by atoms with Crippen molar-refractivity contribution < 1.29 is 70.3 Å². The molecule has 12 aromatic rings. The van der Waals surface area contributed by atoms with E-state index in [9.17, 15) is 56.0 Å². The highest BCUT2D eigenvalue weighted by Gasteiger charge is 2.37. The largest absolute Gasteiger partial charge is 0.508 e. The van der Waals surface area contributed by atoms with Crippen molar-refractivity contribution in [3.63, 3.8) is 0 Å². The highest BCUT2D eigenvalue weighted by Crippen LogP contribution is 2.46. The molecule has 3 fully saturated rings. The van der Waals surface area contributed by atoms with Crippen LogP contribution in [0.1, 0.15) is 96.9 Å². The number of phenols is 3. The molecule has 108 heavy (non-hydrogen) atoms. The Hall–Kier alpha value is -9.58. The molecule has 9 aromatic carbocycles. The highest BCUT2D eigenvalue weighted by atomic mass is 35.5. The van der Waals surface area contributed by atoms with Gasteiger partial charge in [0.15, 0.2) is 0 Å². The number of nitrogens with zero attached hydrogens (tertiary/aromatic N) is 3. The van der Waals surface area contributed by atoms with Gasteiger partial charge in [0, 0.05) is 108 Å². The molecule has 0 bridgehead atoms. The first-order valence-electron chi connectivity index (χ1n) is 35.7. The third kappa shape index (κ3) is 18.2. The SMILES string of the molecule is C[C@H]1CCN(CCOc2ccc(-c3c(C(=O)c4ccc(C(F)(F)F)cc4)sc4cc(O)ccc34)cc2)C1.C[C@H]1CCN(CCOc2ccc(-c3c(C(=O)c4ccc(Cl)cc4)sc4cc(O)ccc34)cc2)C1.C[C@H]1CCN(CCOc2ccc(-c3c(C(=O)c4ccccc4C(F)(F)F)sc4cc(O)ccc34)cc2)C1. The van der Waals surface area contributed by atoms with Crippen LogP contribution in [0.4, 0.5) is 26.3 Å². The zero-order valence-electron chi connectivity index (χ0n) is 59.4. The number of halogens is 7. The molecule has 558 valence electrons. The molecule has 0 saturated carbocycles. The summed E-state index contributed by atoms with van der Waals surface area (Å²) < 4.78 is 100. The summed E-state index contributed by atoms with van der Waals surface area (Å²) in [5, 5.41) is 32.9. The van der Waals surface area contributed by atoms with Crippen molar-refractivity contribution in [2.45, 2.75) is 52.4 Å². The standard InChI is InChI=1S/2C29H26F3NO3S.C28H26ClNO3S/c1-18-12-13-33(17-18)14-15-36-23-9-4-19(5-10-23)26-24-11-8-22(34)16-25(24)37-28(26)27(35)20-2-6-21(7-3-20)29(30,31)32;1-18-12-13-33(17-18)14-15-36-21-9-6-19(7-10-21)26-23-11-8-20(34)16-25(23)37-28(26)27(35)22-4-2-3-5-24(22)29(30,31)32;1-18-12-13-30(17-18)14-15-33-23-9-4-19(5-10-23)26-24-11-8-22(31)16-25(24)34-28(26)27(32)20-2-6-21(29)7-3-20/h2*2-11,16,18,34H,12-15,17H2,1H3;2-11,16,18,31H,12-15,17H2,1H3/t3*18-/m000/s1. The smallest absolute Gasteiger partial charge is 0.417 e. The Bertz CT molecular complexity index is 5180. The lowest BCUT2D eigenvalue weighted by Crippen LogP contribution is -2.25. The van der Waals surface area contributed by atoms with E-state index in [0.29, 0.717) is 83.3 Å². The number of ether oxygens (including phenoxy) is 3. The van der Waals surface area contributed by atoms with Crippen LogP contribution in [0.15, 0.2) is 200 Å². The number of hydrogen-bond donors (Lipinski definition) is 3. The second-order valence-electron chi connectivity index (χ2n) is 27.8. The van der Waals surface area contributed by atoms with E-state index < -0.39 is 34.8 Å². The summed E-state index contributed by atoms with van der Waals surface area (Å²) in [7, 11) is 0. The number of alkyl halides is 6. The summed E-state index contributed by atoms with van der Waals surface area (Å²) in [5.41, 5.74) is 3.08. The van der Waals surface area contributed by atoms with Crippen LogP contribution in [0, 0.1) is 17.8 Å². The van der Waals surface area contributed by atoms with Crippen molar-refractivity contribution in [2.75, 3.05) is 78.7 Å². The molecule has 0 amide bonds. The Kier molecular flexibility index (Phi) is 23.8. The number of carbonyl (C=O) groups excluding carboxylic acids is 3. The van der Waals surface area contributed by atoms with Crippen molar-refractivity contribution in [2.24, 2.45) is 17.8 Å². The highest BCUT2D eigenvalue weighted by molar-refractivity contribution is 7.22. The summed E-state index contributed by atoms with van der Waals surface area (Å²) in [6.07, 6.45) is -5.45. The summed E-state index contributed by atoms with van der Waals surface area (Å²) >= 11 is 9.69. The molecule has 3 aliphatic heterocycles. The molecule has 22 heteroatoms. The molecule has 6 heterocycles. The van der Waals surface area contributed by atoms with Crippen molar-refractivity contribution in [3.05, 3.63) is 248 Å². The number of benzene rings is 9. The molecule has 0 radical (unpaired) electrons. The van der Waals surface area contributed by atoms with Crippen LogP contribution in [-0.2, 0) is 12.4 Å². The number of thiophene rings is 3. The second kappa shape index (κ2) is 33.5. The molecule has 3 N–H and O–H groups in total. The Balaban J connectivity index is 0.000000143. The van der Waals surface area contributed by atoms with Crippen LogP contribution in [0.3, 0.4) is 0 Å². The average molecular weight is 1540 g/mol. The number of aromatic hydroxyl groups is 3. The maximum atomic E-state index is 13.7. The zero-order valence-corrected chi connectivity index (χ0v) is 62.6. The van der Waals surface area contributed by atoms with E-state index >= 15 is 0 Å². The van der Waals surface area contributed by atoms with E-state index in [1.54, 1.807) is 60.7 Å². The molecule has 0 unspecified atom stereocenters. The van der Waals surface area contributed by atoms with Gasteiger partial charge < -0.3 is 29.5 Å². The average Bonchev–Trinajstić information content (AvgIpc) is 1.61. The molecule has 3 aliphatic rings. The molecule has 3 aromatic heterocycles. The van der Waals surface area contributed by atoms with Crippen molar-refractivity contribution in [3.8, 4) is 67.9 Å². The third-order valence-electron chi connectivity index (χ3n) is 19.7. The minimum atomic E-state index is -4.66. The van der Waals surface area contributed by atoms with Crippen LogP contribution in [0.25, 0.3) is 63.6 Å².